The molecule has 6 nitrogen and oxygen atoms in total. The van der Waals surface area contributed by atoms with E-state index in [1.165, 1.54) is 24.2 Å². The Morgan fingerprint density at radius 1 is 1.38 bits per heavy atom. The summed E-state index contributed by atoms with van der Waals surface area (Å²) in [6.45, 7) is 4.44. The zero-order valence-electron chi connectivity index (χ0n) is 16.8. The van der Waals surface area contributed by atoms with Gasteiger partial charge in [0.2, 0.25) is 11.9 Å². The molecular weight excluding hydrogens is 394 g/mol. The fraction of sp³-hybridized carbons (Fsp3) is 0.632. The predicted molar refractivity (Wildman–Crippen MR) is 98.9 cm³/mol. The Bertz CT molecular complexity index is 747. The first-order valence-electron chi connectivity index (χ1n) is 9.10. The molecule has 2 aliphatic rings. The maximum Gasteiger partial charge on any atom is 0.397 e. The number of esters is 1. The Kier molecular flexibility index (Phi) is 6.44. The van der Waals surface area contributed by atoms with Gasteiger partial charge in [-0.05, 0) is 46.1 Å². The molecule has 0 radical (unpaired) electrons. The number of hydrogen-bond acceptors (Lipinski definition) is 6. The number of halogens is 4. The van der Waals surface area contributed by atoms with Gasteiger partial charge in [0.15, 0.2) is 0 Å². The molecule has 1 fully saturated rings. The lowest BCUT2D eigenvalue weighted by Crippen LogP contribution is -2.33. The van der Waals surface area contributed by atoms with Crippen molar-refractivity contribution in [1.82, 2.24) is 4.90 Å². The Hall–Kier alpha value is -2.39. The molecule has 1 atom stereocenters. The van der Waals surface area contributed by atoms with Crippen molar-refractivity contribution in [2.45, 2.75) is 51.8 Å². The van der Waals surface area contributed by atoms with Crippen LogP contribution in [0.3, 0.4) is 0 Å². The molecule has 0 spiro atoms. The van der Waals surface area contributed by atoms with Crippen LogP contribution in [0.1, 0.15) is 40.0 Å². The molecule has 0 bridgehead atoms. The standard InChI is InChI=1S/C19H25F4N3O3/c1-17(2,3)29-16(27)12-5-6-14(25-15(12)20)26(4)10-7-13(24)28-11-18(8-9-18)19(21,22)23/h6-7,10,12,24H,5,8-9,11H2,1-4H3/b10-7-,24-13?. The van der Waals surface area contributed by atoms with E-state index in [0.29, 0.717) is 0 Å². The summed E-state index contributed by atoms with van der Waals surface area (Å²) in [6.07, 6.45) is -0.292. The molecule has 1 N–H and O–H groups in total. The molecule has 0 amide bonds. The van der Waals surface area contributed by atoms with Gasteiger partial charge < -0.3 is 14.4 Å². The molecule has 1 aliphatic heterocycles. The van der Waals surface area contributed by atoms with Crippen molar-refractivity contribution in [1.29, 1.82) is 5.41 Å². The molecule has 29 heavy (non-hydrogen) atoms. The minimum atomic E-state index is -4.35. The van der Waals surface area contributed by atoms with Gasteiger partial charge in [-0.3, -0.25) is 10.2 Å². The third-order valence-electron chi connectivity index (χ3n) is 4.51. The van der Waals surface area contributed by atoms with Crippen molar-refractivity contribution < 1.29 is 31.8 Å². The highest BCUT2D eigenvalue weighted by Gasteiger charge is 2.63. The van der Waals surface area contributed by atoms with Crippen LogP contribution in [0.4, 0.5) is 17.6 Å². The minimum Gasteiger partial charge on any atom is -0.477 e. The summed E-state index contributed by atoms with van der Waals surface area (Å²) < 4.78 is 62.9. The third kappa shape index (κ3) is 6.04. The van der Waals surface area contributed by atoms with E-state index in [1.807, 2.05) is 0 Å². The van der Waals surface area contributed by atoms with Crippen LogP contribution in [-0.2, 0) is 14.3 Å². The molecule has 0 saturated heterocycles. The van der Waals surface area contributed by atoms with Crippen LogP contribution in [0, 0.1) is 16.7 Å². The summed E-state index contributed by atoms with van der Waals surface area (Å²) in [5, 5.41) is 7.63. The fourth-order valence-corrected chi connectivity index (χ4v) is 2.52. The fourth-order valence-electron chi connectivity index (χ4n) is 2.52. The van der Waals surface area contributed by atoms with Crippen molar-refractivity contribution >= 4 is 17.8 Å². The van der Waals surface area contributed by atoms with Crippen molar-refractivity contribution in [3.8, 4) is 0 Å². The molecule has 1 aliphatic carbocycles. The van der Waals surface area contributed by atoms with Crippen LogP contribution in [0.15, 0.2) is 29.2 Å². The van der Waals surface area contributed by atoms with Gasteiger partial charge in [-0.25, -0.2) is 4.99 Å². The Morgan fingerprint density at radius 3 is 2.48 bits per heavy atom. The number of alkyl halides is 3. The maximum absolute atomic E-state index is 14.2. The molecule has 2 rings (SSSR count). The van der Waals surface area contributed by atoms with Gasteiger partial charge in [0.05, 0.1) is 0 Å². The third-order valence-corrected chi connectivity index (χ3v) is 4.51. The van der Waals surface area contributed by atoms with Gasteiger partial charge in [-0.15, -0.1) is 0 Å². The first kappa shape index (κ1) is 22.9. The quantitative estimate of drug-likeness (QED) is 0.301. The van der Waals surface area contributed by atoms with Crippen LogP contribution < -0.4 is 0 Å². The van der Waals surface area contributed by atoms with Gasteiger partial charge in [0.25, 0.3) is 0 Å². The highest BCUT2D eigenvalue weighted by atomic mass is 19.4. The summed E-state index contributed by atoms with van der Waals surface area (Å²) in [5.41, 5.74) is -2.60. The number of carbonyl (C=O) groups excluding carboxylic acids is 1. The van der Waals surface area contributed by atoms with Crippen LogP contribution in [0.5, 0.6) is 0 Å². The second-order valence-electron chi connectivity index (χ2n) is 8.18. The Labute approximate surface area is 166 Å². The van der Waals surface area contributed by atoms with Gasteiger partial charge >= 0.3 is 12.1 Å². The number of aliphatic imine (C=N–C) groups is 1. The van der Waals surface area contributed by atoms with E-state index in [0.717, 1.165) is 6.08 Å². The highest BCUT2D eigenvalue weighted by Crippen LogP contribution is 2.57. The van der Waals surface area contributed by atoms with Gasteiger partial charge in [-0.2, -0.15) is 17.6 Å². The number of carbonyl (C=O) groups is 1. The molecule has 162 valence electrons. The first-order valence-corrected chi connectivity index (χ1v) is 9.10. The number of hydrogen-bond donors (Lipinski definition) is 1. The lowest BCUT2D eigenvalue weighted by Gasteiger charge is -2.25. The second-order valence-corrected chi connectivity index (χ2v) is 8.18. The number of ether oxygens (including phenoxy) is 2. The number of nitrogens with one attached hydrogen (secondary N) is 1. The SMILES string of the molecule is CN(/C=C\C(=N)OCC1(C(F)(F)F)CC1)C1=CCC(C(=O)OC(C)(C)C)C(F)=N1. The van der Waals surface area contributed by atoms with Crippen molar-refractivity contribution in [3.63, 3.8) is 0 Å². The van der Waals surface area contributed by atoms with Crippen molar-refractivity contribution in [2.24, 2.45) is 16.3 Å². The van der Waals surface area contributed by atoms with E-state index < -0.39 is 47.5 Å². The summed E-state index contributed by atoms with van der Waals surface area (Å²) in [7, 11) is 1.53. The molecular formula is C19H25F4N3O3. The van der Waals surface area contributed by atoms with Gasteiger partial charge in [0, 0.05) is 19.3 Å². The number of rotatable bonds is 6. The molecule has 0 aromatic heterocycles. The summed E-state index contributed by atoms with van der Waals surface area (Å²) in [4.78, 5) is 17.1. The average molecular weight is 419 g/mol. The second kappa shape index (κ2) is 8.16. The van der Waals surface area contributed by atoms with Gasteiger partial charge in [0.1, 0.15) is 29.4 Å². The zero-order chi connectivity index (χ0) is 22.0. The lowest BCUT2D eigenvalue weighted by atomic mass is 10.0. The van der Waals surface area contributed by atoms with E-state index in [4.69, 9.17) is 14.9 Å². The van der Waals surface area contributed by atoms with E-state index in [2.05, 4.69) is 4.99 Å². The molecule has 0 aromatic carbocycles. The van der Waals surface area contributed by atoms with Crippen molar-refractivity contribution in [3.05, 3.63) is 24.2 Å². The van der Waals surface area contributed by atoms with Crippen LogP contribution in [0.25, 0.3) is 0 Å². The van der Waals surface area contributed by atoms with Crippen LogP contribution in [0.2, 0.25) is 0 Å². The van der Waals surface area contributed by atoms with Crippen LogP contribution >= 0.6 is 0 Å². The number of nitrogens with zero attached hydrogens (tertiary/aromatic N) is 2. The average Bonchev–Trinajstić information content (AvgIpc) is 3.37. The van der Waals surface area contributed by atoms with E-state index in [-0.39, 0.29) is 25.1 Å². The zero-order valence-corrected chi connectivity index (χ0v) is 16.8. The minimum absolute atomic E-state index is 0.00686. The monoisotopic (exact) mass is 419 g/mol. The molecule has 1 unspecified atom stereocenters. The topological polar surface area (TPSA) is 75.0 Å². The number of allylic oxidation sites excluding steroid dienone is 1. The van der Waals surface area contributed by atoms with E-state index in [1.54, 1.807) is 20.8 Å². The Morgan fingerprint density at radius 2 is 2.00 bits per heavy atom. The molecule has 1 saturated carbocycles. The van der Waals surface area contributed by atoms with Gasteiger partial charge in [-0.1, -0.05) is 0 Å². The normalized spacial score (nSPS) is 21.3. The molecule has 1 heterocycles. The lowest BCUT2D eigenvalue weighted by molar-refractivity contribution is -0.195. The molecule has 0 aromatic rings. The van der Waals surface area contributed by atoms with E-state index in [9.17, 15) is 22.4 Å². The molecule has 10 heteroatoms. The summed E-state index contributed by atoms with van der Waals surface area (Å²) in [5.74, 6) is -2.96. The predicted octanol–water partition coefficient (Wildman–Crippen LogP) is 4.34. The highest BCUT2D eigenvalue weighted by molar-refractivity contribution is 5.98. The van der Waals surface area contributed by atoms with Crippen LogP contribution in [-0.4, -0.2) is 48.2 Å². The van der Waals surface area contributed by atoms with Crippen molar-refractivity contribution in [2.75, 3.05) is 13.7 Å². The smallest absolute Gasteiger partial charge is 0.397 e. The summed E-state index contributed by atoms with van der Waals surface area (Å²) in [6, 6.07) is 0. The maximum atomic E-state index is 14.2. The Balaban J connectivity index is 1.88. The summed E-state index contributed by atoms with van der Waals surface area (Å²) >= 11 is 0. The largest absolute Gasteiger partial charge is 0.477 e. The first-order chi connectivity index (χ1) is 13.2. The van der Waals surface area contributed by atoms with E-state index >= 15 is 0 Å².